The first-order valence-electron chi connectivity index (χ1n) is 8.29. The highest BCUT2D eigenvalue weighted by atomic mass is 127. The van der Waals surface area contributed by atoms with E-state index in [1.165, 1.54) is 4.88 Å². The van der Waals surface area contributed by atoms with Gasteiger partial charge in [0.05, 0.1) is 13.2 Å². The van der Waals surface area contributed by atoms with Crippen LogP contribution in [-0.2, 0) is 13.0 Å². The minimum Gasteiger partial charge on any atom is -0.493 e. The molecule has 0 spiro atoms. The largest absolute Gasteiger partial charge is 0.493 e. The van der Waals surface area contributed by atoms with Crippen LogP contribution in [0.3, 0.4) is 0 Å². The Bertz CT molecular complexity index is 660. The Kier molecular flexibility index (Phi) is 10.5. The number of hydrogen-bond donors (Lipinski definition) is 2. The Morgan fingerprint density at radius 1 is 1.28 bits per heavy atom. The molecule has 0 fully saturated rings. The van der Waals surface area contributed by atoms with Gasteiger partial charge in [-0.3, -0.25) is 4.99 Å². The fourth-order valence-corrected chi connectivity index (χ4v) is 2.95. The Labute approximate surface area is 171 Å². The van der Waals surface area contributed by atoms with Crippen molar-refractivity contribution >= 4 is 41.3 Å². The predicted molar refractivity (Wildman–Crippen MR) is 116 cm³/mol. The quantitative estimate of drug-likeness (QED) is 0.265. The van der Waals surface area contributed by atoms with Crippen LogP contribution in [0.1, 0.15) is 28.8 Å². The molecule has 0 amide bonds. The molecule has 2 aromatic rings. The summed E-state index contributed by atoms with van der Waals surface area (Å²) in [5.41, 5.74) is 1.16. The van der Waals surface area contributed by atoms with Crippen LogP contribution >= 0.6 is 35.3 Å². The van der Waals surface area contributed by atoms with Gasteiger partial charge in [-0.15, -0.1) is 35.3 Å². The second-order valence-corrected chi connectivity index (χ2v) is 6.59. The van der Waals surface area contributed by atoms with E-state index in [0.29, 0.717) is 13.2 Å². The van der Waals surface area contributed by atoms with Gasteiger partial charge in [0.1, 0.15) is 10.8 Å². The van der Waals surface area contributed by atoms with E-state index in [2.05, 4.69) is 40.5 Å². The van der Waals surface area contributed by atoms with Gasteiger partial charge in [0.25, 0.3) is 0 Å². The molecular formula is C18H27IN4OS. The monoisotopic (exact) mass is 474 g/mol. The summed E-state index contributed by atoms with van der Waals surface area (Å²) in [6.07, 6.45) is 3.89. The number of guanidine groups is 1. The van der Waals surface area contributed by atoms with Gasteiger partial charge in [0.2, 0.25) is 0 Å². The van der Waals surface area contributed by atoms with E-state index in [9.17, 15) is 0 Å². The number of rotatable bonds is 8. The van der Waals surface area contributed by atoms with E-state index in [1.54, 1.807) is 18.4 Å². The average Bonchev–Trinajstić information content (AvgIpc) is 3.07. The maximum absolute atomic E-state index is 5.79. The molecule has 2 rings (SSSR count). The minimum atomic E-state index is 0. The maximum atomic E-state index is 5.79. The molecule has 0 saturated heterocycles. The molecule has 0 bridgehead atoms. The molecule has 0 aliphatic heterocycles. The fraction of sp³-hybridized carbons (Fsp3) is 0.444. The zero-order chi connectivity index (χ0) is 17.2. The Morgan fingerprint density at radius 2 is 2.08 bits per heavy atom. The van der Waals surface area contributed by atoms with Crippen molar-refractivity contribution < 1.29 is 4.74 Å². The number of aromatic nitrogens is 1. The summed E-state index contributed by atoms with van der Waals surface area (Å²) in [6.45, 7) is 6.39. The van der Waals surface area contributed by atoms with Crippen LogP contribution in [0.2, 0.25) is 0 Å². The topological polar surface area (TPSA) is 58.5 Å². The highest BCUT2D eigenvalue weighted by molar-refractivity contribution is 14.0. The molecular weight excluding hydrogens is 447 g/mol. The molecule has 5 nitrogen and oxygen atoms in total. The molecule has 1 aromatic carbocycles. The lowest BCUT2D eigenvalue weighted by Gasteiger charge is -2.12. The van der Waals surface area contributed by atoms with E-state index < -0.39 is 0 Å². The second kappa shape index (κ2) is 12.1. The molecule has 138 valence electrons. The Balaban J connectivity index is 0.00000312. The second-order valence-electron chi connectivity index (χ2n) is 5.39. The number of thiazole rings is 1. The molecule has 0 radical (unpaired) electrons. The fourth-order valence-electron chi connectivity index (χ4n) is 2.15. The van der Waals surface area contributed by atoms with Crippen LogP contribution in [0.25, 0.3) is 0 Å². The number of para-hydroxylation sites is 1. The normalized spacial score (nSPS) is 10.9. The first kappa shape index (κ1) is 21.7. The molecule has 2 N–H and O–H groups in total. The lowest BCUT2D eigenvalue weighted by Crippen LogP contribution is -2.37. The molecule has 0 aliphatic rings. The summed E-state index contributed by atoms with van der Waals surface area (Å²) in [6, 6.07) is 8.07. The number of hydrogen-bond acceptors (Lipinski definition) is 4. The molecule has 0 unspecified atom stereocenters. The number of nitrogens with one attached hydrogen (secondary N) is 2. The van der Waals surface area contributed by atoms with Gasteiger partial charge in [-0.05, 0) is 31.4 Å². The van der Waals surface area contributed by atoms with E-state index in [0.717, 1.165) is 41.7 Å². The number of nitrogens with zero attached hydrogens (tertiary/aromatic N) is 2. The molecule has 1 heterocycles. The number of halogens is 1. The molecule has 0 aliphatic carbocycles. The van der Waals surface area contributed by atoms with Crippen LogP contribution < -0.4 is 15.4 Å². The van der Waals surface area contributed by atoms with Crippen molar-refractivity contribution in [3.8, 4) is 5.75 Å². The first-order chi connectivity index (χ1) is 11.7. The van der Waals surface area contributed by atoms with Gasteiger partial charge in [0, 0.05) is 24.7 Å². The maximum Gasteiger partial charge on any atom is 0.191 e. The average molecular weight is 474 g/mol. The zero-order valence-electron chi connectivity index (χ0n) is 15.0. The predicted octanol–water partition coefficient (Wildman–Crippen LogP) is 3.77. The molecule has 25 heavy (non-hydrogen) atoms. The highest BCUT2D eigenvalue weighted by Gasteiger charge is 2.03. The van der Waals surface area contributed by atoms with E-state index in [-0.39, 0.29) is 24.0 Å². The van der Waals surface area contributed by atoms with Crippen molar-refractivity contribution in [3.63, 3.8) is 0 Å². The van der Waals surface area contributed by atoms with Crippen molar-refractivity contribution in [1.29, 1.82) is 0 Å². The van der Waals surface area contributed by atoms with Crippen LogP contribution in [0.15, 0.2) is 35.5 Å². The number of aryl methyl sites for hydroxylation is 2. The lowest BCUT2D eigenvalue weighted by molar-refractivity contribution is 0.309. The smallest absolute Gasteiger partial charge is 0.191 e. The van der Waals surface area contributed by atoms with E-state index >= 15 is 0 Å². The van der Waals surface area contributed by atoms with Crippen LogP contribution in [0.4, 0.5) is 0 Å². The Hall–Kier alpha value is -1.35. The van der Waals surface area contributed by atoms with Crippen molar-refractivity contribution in [3.05, 3.63) is 45.9 Å². The molecule has 7 heteroatoms. The van der Waals surface area contributed by atoms with Crippen molar-refractivity contribution in [1.82, 2.24) is 15.6 Å². The summed E-state index contributed by atoms with van der Waals surface area (Å²) in [7, 11) is 1.78. The van der Waals surface area contributed by atoms with Gasteiger partial charge in [0.15, 0.2) is 5.96 Å². The number of aliphatic imine (C=N–C) groups is 1. The highest BCUT2D eigenvalue weighted by Crippen LogP contribution is 2.16. The SMILES string of the molecule is CCc1cnc(CNC(=NC)NCCCOc2ccccc2C)s1.I. The first-order valence-corrected chi connectivity index (χ1v) is 9.11. The minimum absolute atomic E-state index is 0. The van der Waals surface area contributed by atoms with Gasteiger partial charge in [-0.2, -0.15) is 0 Å². The van der Waals surface area contributed by atoms with Gasteiger partial charge >= 0.3 is 0 Å². The summed E-state index contributed by atoms with van der Waals surface area (Å²) in [5, 5.41) is 7.67. The van der Waals surface area contributed by atoms with Crippen molar-refractivity contribution in [2.75, 3.05) is 20.2 Å². The number of ether oxygens (including phenoxy) is 1. The van der Waals surface area contributed by atoms with Crippen molar-refractivity contribution in [2.45, 2.75) is 33.2 Å². The van der Waals surface area contributed by atoms with Crippen LogP contribution in [0, 0.1) is 6.92 Å². The third-order valence-corrected chi connectivity index (χ3v) is 4.69. The van der Waals surface area contributed by atoms with Gasteiger partial charge < -0.3 is 15.4 Å². The standard InChI is InChI=1S/C18H26N4OS.HI/c1-4-15-12-21-17(24-15)13-22-18(19-3)20-10-7-11-23-16-9-6-5-8-14(16)2;/h5-6,8-9,12H,4,7,10-11,13H2,1-3H3,(H2,19,20,22);1H. The van der Waals surface area contributed by atoms with E-state index in [1.807, 2.05) is 24.4 Å². The number of benzene rings is 1. The van der Waals surface area contributed by atoms with Gasteiger partial charge in [-0.1, -0.05) is 25.1 Å². The third-order valence-electron chi connectivity index (χ3n) is 3.55. The van der Waals surface area contributed by atoms with Gasteiger partial charge in [-0.25, -0.2) is 4.98 Å². The summed E-state index contributed by atoms with van der Waals surface area (Å²) >= 11 is 1.74. The molecule has 1 aromatic heterocycles. The lowest BCUT2D eigenvalue weighted by atomic mass is 10.2. The third kappa shape index (κ3) is 7.60. The van der Waals surface area contributed by atoms with Crippen molar-refractivity contribution in [2.24, 2.45) is 4.99 Å². The van der Waals surface area contributed by atoms with E-state index in [4.69, 9.17) is 4.74 Å². The Morgan fingerprint density at radius 3 is 2.76 bits per heavy atom. The van der Waals surface area contributed by atoms with Crippen LogP contribution in [-0.4, -0.2) is 31.1 Å². The summed E-state index contributed by atoms with van der Waals surface area (Å²) in [5.74, 6) is 1.75. The molecule has 0 atom stereocenters. The summed E-state index contributed by atoms with van der Waals surface area (Å²) in [4.78, 5) is 9.94. The molecule has 0 saturated carbocycles. The summed E-state index contributed by atoms with van der Waals surface area (Å²) < 4.78 is 5.79. The van der Waals surface area contributed by atoms with Crippen LogP contribution in [0.5, 0.6) is 5.75 Å². The zero-order valence-corrected chi connectivity index (χ0v) is 18.2.